The molecule has 132 valence electrons. The molecule has 1 aliphatic rings. The van der Waals surface area contributed by atoms with E-state index in [0.717, 1.165) is 24.2 Å². The molecule has 0 aliphatic carbocycles. The van der Waals surface area contributed by atoms with Gasteiger partial charge >= 0.3 is 12.3 Å². The number of fused-ring (bicyclic) bond motifs is 1. The van der Waals surface area contributed by atoms with Gasteiger partial charge in [0.2, 0.25) is 5.88 Å². The summed E-state index contributed by atoms with van der Waals surface area (Å²) in [6.07, 6.45) is -2.78. The van der Waals surface area contributed by atoms with Crippen LogP contribution >= 0.6 is 0 Å². The normalized spacial score (nSPS) is 14.0. The van der Waals surface area contributed by atoms with Crippen molar-refractivity contribution in [3.05, 3.63) is 47.7 Å². The Hall–Kier alpha value is -2.77. The Morgan fingerprint density at radius 2 is 2.04 bits per heavy atom. The van der Waals surface area contributed by atoms with Crippen LogP contribution in [0, 0.1) is 0 Å². The lowest BCUT2D eigenvalue weighted by atomic mass is 10.0. The third-order valence-electron chi connectivity index (χ3n) is 3.88. The van der Waals surface area contributed by atoms with E-state index in [-0.39, 0.29) is 5.88 Å². The molecule has 0 atom stereocenters. The molecule has 1 aliphatic heterocycles. The molecule has 0 bridgehead atoms. The Morgan fingerprint density at radius 1 is 1.24 bits per heavy atom. The minimum absolute atomic E-state index is 0.0524. The number of hydrogen-bond donors (Lipinski definition) is 0. The van der Waals surface area contributed by atoms with Gasteiger partial charge in [0, 0.05) is 24.4 Å². The number of halogens is 3. The number of carbonyl (C=O) groups is 1. The van der Waals surface area contributed by atoms with Crippen molar-refractivity contribution in [2.75, 3.05) is 18.6 Å². The van der Waals surface area contributed by atoms with Gasteiger partial charge in [-0.15, -0.1) is 0 Å². The summed E-state index contributed by atoms with van der Waals surface area (Å²) < 4.78 is 48.2. The highest BCUT2D eigenvalue weighted by Gasteiger charge is 2.31. The van der Waals surface area contributed by atoms with E-state index in [9.17, 15) is 18.0 Å². The quantitative estimate of drug-likeness (QED) is 0.803. The lowest BCUT2D eigenvalue weighted by molar-refractivity contribution is -0.137. The first-order chi connectivity index (χ1) is 11.9. The lowest BCUT2D eigenvalue weighted by Crippen LogP contribution is -2.35. The monoisotopic (exact) mass is 352 g/mol. The number of ether oxygens (including phenoxy) is 2. The van der Waals surface area contributed by atoms with E-state index in [2.05, 4.69) is 4.98 Å². The number of rotatable bonds is 2. The van der Waals surface area contributed by atoms with Crippen molar-refractivity contribution < 1.29 is 27.4 Å². The third-order valence-corrected chi connectivity index (χ3v) is 3.88. The van der Waals surface area contributed by atoms with E-state index in [1.165, 1.54) is 18.1 Å². The van der Waals surface area contributed by atoms with Crippen molar-refractivity contribution in [3.63, 3.8) is 0 Å². The smallest absolute Gasteiger partial charge is 0.417 e. The summed E-state index contributed by atoms with van der Waals surface area (Å²) in [4.78, 5) is 17.1. The van der Waals surface area contributed by atoms with E-state index >= 15 is 0 Å². The van der Waals surface area contributed by atoms with Crippen LogP contribution < -0.4 is 9.64 Å². The van der Waals surface area contributed by atoms with Crippen molar-refractivity contribution in [1.82, 2.24) is 4.98 Å². The second-order valence-corrected chi connectivity index (χ2v) is 5.46. The molecule has 3 rings (SSSR count). The second kappa shape index (κ2) is 6.62. The molecule has 0 N–H and O–H groups in total. The summed E-state index contributed by atoms with van der Waals surface area (Å²) in [5, 5.41) is 0. The SMILES string of the molecule is COC(=O)N1CCCc2c(Oc3ccc(C(F)(F)F)cn3)cccc21. The van der Waals surface area contributed by atoms with Crippen LogP contribution in [-0.2, 0) is 17.3 Å². The number of methoxy groups -OCH3 is 1. The van der Waals surface area contributed by atoms with Crippen LogP contribution in [0.5, 0.6) is 11.6 Å². The Bertz CT molecular complexity index is 776. The molecule has 25 heavy (non-hydrogen) atoms. The largest absolute Gasteiger partial charge is 0.452 e. The number of benzene rings is 1. The number of pyridine rings is 1. The maximum absolute atomic E-state index is 12.6. The van der Waals surface area contributed by atoms with E-state index in [1.807, 2.05) is 0 Å². The highest BCUT2D eigenvalue weighted by Crippen LogP contribution is 2.37. The van der Waals surface area contributed by atoms with E-state index < -0.39 is 17.8 Å². The van der Waals surface area contributed by atoms with Gasteiger partial charge in [0.1, 0.15) is 5.75 Å². The highest BCUT2D eigenvalue weighted by molar-refractivity contribution is 5.89. The van der Waals surface area contributed by atoms with Crippen molar-refractivity contribution >= 4 is 11.8 Å². The molecule has 0 unspecified atom stereocenters. The zero-order chi connectivity index (χ0) is 18.0. The van der Waals surface area contributed by atoms with Crippen molar-refractivity contribution in [3.8, 4) is 11.6 Å². The summed E-state index contributed by atoms with van der Waals surface area (Å²) >= 11 is 0. The van der Waals surface area contributed by atoms with Crippen molar-refractivity contribution in [1.29, 1.82) is 0 Å². The second-order valence-electron chi connectivity index (χ2n) is 5.46. The van der Waals surface area contributed by atoms with Gasteiger partial charge in [-0.25, -0.2) is 9.78 Å². The number of hydrogen-bond acceptors (Lipinski definition) is 4. The zero-order valence-corrected chi connectivity index (χ0v) is 13.3. The molecule has 2 aromatic rings. The van der Waals surface area contributed by atoms with Crippen LogP contribution in [0.15, 0.2) is 36.5 Å². The third kappa shape index (κ3) is 3.52. The fourth-order valence-corrected chi connectivity index (χ4v) is 2.71. The van der Waals surface area contributed by atoms with E-state index in [4.69, 9.17) is 9.47 Å². The molecule has 0 fully saturated rings. The van der Waals surface area contributed by atoms with Crippen LogP contribution in [-0.4, -0.2) is 24.7 Å². The molecule has 1 aromatic carbocycles. The standard InChI is InChI=1S/C17H15F3N2O3/c1-24-16(23)22-9-3-4-12-13(22)5-2-6-14(12)25-15-8-7-11(10-21-15)17(18,19)20/h2,5-8,10H,3-4,9H2,1H3. The Labute approximate surface area is 142 Å². The van der Waals surface area contributed by atoms with Gasteiger partial charge in [0.25, 0.3) is 0 Å². The average Bonchev–Trinajstić information content (AvgIpc) is 2.60. The molecule has 2 heterocycles. The van der Waals surface area contributed by atoms with Crippen molar-refractivity contribution in [2.45, 2.75) is 19.0 Å². The topological polar surface area (TPSA) is 51.7 Å². The molecular formula is C17H15F3N2O3. The van der Waals surface area contributed by atoms with Crippen LogP contribution in [0.4, 0.5) is 23.7 Å². The molecule has 0 saturated carbocycles. The van der Waals surface area contributed by atoms with Gasteiger partial charge < -0.3 is 9.47 Å². The number of carbonyl (C=O) groups excluding carboxylic acids is 1. The molecule has 8 heteroatoms. The Morgan fingerprint density at radius 3 is 2.68 bits per heavy atom. The van der Waals surface area contributed by atoms with E-state index in [1.54, 1.807) is 18.2 Å². The Balaban J connectivity index is 1.88. The number of anilines is 1. The van der Waals surface area contributed by atoms with Gasteiger partial charge in [0.05, 0.1) is 18.4 Å². The van der Waals surface area contributed by atoms with E-state index in [0.29, 0.717) is 24.4 Å². The highest BCUT2D eigenvalue weighted by atomic mass is 19.4. The Kier molecular flexibility index (Phi) is 4.52. The maximum Gasteiger partial charge on any atom is 0.417 e. The average molecular weight is 352 g/mol. The number of alkyl halides is 3. The van der Waals surface area contributed by atoms with Crippen LogP contribution in [0.25, 0.3) is 0 Å². The summed E-state index contributed by atoms with van der Waals surface area (Å²) in [7, 11) is 1.31. The molecule has 0 spiro atoms. The van der Waals surface area contributed by atoms with Gasteiger partial charge in [-0.3, -0.25) is 4.90 Å². The first kappa shape index (κ1) is 17.1. The molecule has 0 saturated heterocycles. The lowest BCUT2D eigenvalue weighted by Gasteiger charge is -2.29. The van der Waals surface area contributed by atoms with Gasteiger partial charge in [-0.1, -0.05) is 6.07 Å². The maximum atomic E-state index is 12.6. The van der Waals surface area contributed by atoms with Gasteiger partial charge in [-0.05, 0) is 31.0 Å². The van der Waals surface area contributed by atoms with Crippen LogP contribution in [0.2, 0.25) is 0 Å². The van der Waals surface area contributed by atoms with Crippen molar-refractivity contribution in [2.24, 2.45) is 0 Å². The summed E-state index contributed by atoms with van der Waals surface area (Å²) in [6, 6.07) is 7.26. The van der Waals surface area contributed by atoms with Crippen LogP contribution in [0.3, 0.4) is 0 Å². The molecule has 1 aromatic heterocycles. The fourth-order valence-electron chi connectivity index (χ4n) is 2.71. The summed E-state index contributed by atoms with van der Waals surface area (Å²) in [6.45, 7) is 0.529. The molecule has 5 nitrogen and oxygen atoms in total. The van der Waals surface area contributed by atoms with Crippen LogP contribution in [0.1, 0.15) is 17.5 Å². The number of aromatic nitrogens is 1. The predicted molar refractivity (Wildman–Crippen MR) is 83.8 cm³/mol. The molecule has 0 radical (unpaired) electrons. The number of nitrogens with zero attached hydrogens (tertiary/aromatic N) is 2. The van der Waals surface area contributed by atoms with Gasteiger partial charge in [-0.2, -0.15) is 13.2 Å². The summed E-state index contributed by atoms with van der Waals surface area (Å²) in [5.74, 6) is 0.509. The first-order valence-corrected chi connectivity index (χ1v) is 7.58. The molecule has 1 amide bonds. The fraction of sp³-hybridized carbons (Fsp3) is 0.294. The first-order valence-electron chi connectivity index (χ1n) is 7.58. The number of amides is 1. The van der Waals surface area contributed by atoms with Gasteiger partial charge in [0.15, 0.2) is 0 Å². The minimum Gasteiger partial charge on any atom is -0.452 e. The summed E-state index contributed by atoms with van der Waals surface area (Å²) in [5.41, 5.74) is 0.621. The predicted octanol–water partition coefficient (Wildman–Crippen LogP) is 4.41. The minimum atomic E-state index is -4.45. The zero-order valence-electron chi connectivity index (χ0n) is 13.3. The molecular weight excluding hydrogens is 337 g/mol.